The predicted molar refractivity (Wildman–Crippen MR) is 91.1 cm³/mol. The monoisotopic (exact) mass is 317 g/mol. The third-order valence-electron chi connectivity index (χ3n) is 2.85. The number of benzene rings is 1. The fourth-order valence-corrected chi connectivity index (χ4v) is 1.98. The van der Waals surface area contributed by atoms with Gasteiger partial charge in [0.25, 0.3) is 0 Å². The van der Waals surface area contributed by atoms with Crippen molar-refractivity contribution in [1.82, 2.24) is 10.3 Å². The number of ether oxygens (including phenoxy) is 1. The molecule has 1 unspecified atom stereocenters. The van der Waals surface area contributed by atoms with Crippen molar-refractivity contribution < 1.29 is 9.84 Å². The molecule has 0 spiro atoms. The maximum absolute atomic E-state index is 9.91. The predicted octanol–water partition coefficient (Wildman–Crippen LogP) is 2.12. The van der Waals surface area contributed by atoms with Crippen LogP contribution in [0.1, 0.15) is 5.56 Å². The van der Waals surface area contributed by atoms with E-state index in [1.807, 2.05) is 43.3 Å². The summed E-state index contributed by atoms with van der Waals surface area (Å²) in [6.07, 6.45) is 2.70. The molecule has 0 saturated heterocycles. The summed E-state index contributed by atoms with van der Waals surface area (Å²) < 4.78 is 5.54. The molecule has 5 nitrogen and oxygen atoms in total. The van der Waals surface area contributed by atoms with E-state index in [1.165, 1.54) is 0 Å². The minimum atomic E-state index is -0.658. The Morgan fingerprint density at radius 2 is 2.23 bits per heavy atom. The van der Waals surface area contributed by atoms with Gasteiger partial charge in [-0.3, -0.25) is 4.98 Å². The molecule has 6 heteroatoms. The van der Waals surface area contributed by atoms with Gasteiger partial charge in [0, 0.05) is 12.7 Å². The van der Waals surface area contributed by atoms with E-state index in [0.29, 0.717) is 11.7 Å². The highest BCUT2D eigenvalue weighted by atomic mass is 32.1. The van der Waals surface area contributed by atoms with Gasteiger partial charge in [0.05, 0.1) is 11.9 Å². The lowest BCUT2D eigenvalue weighted by atomic mass is 10.2. The minimum absolute atomic E-state index is 0.200. The second-order valence-corrected chi connectivity index (χ2v) is 5.27. The quantitative estimate of drug-likeness (QED) is 0.709. The first-order valence-corrected chi connectivity index (χ1v) is 7.37. The number of anilines is 1. The molecule has 0 fully saturated rings. The Morgan fingerprint density at radius 3 is 2.95 bits per heavy atom. The lowest BCUT2D eigenvalue weighted by Gasteiger charge is -2.15. The first kappa shape index (κ1) is 16.2. The maximum atomic E-state index is 9.91. The number of aromatic nitrogens is 1. The van der Waals surface area contributed by atoms with Crippen LogP contribution in [0.3, 0.4) is 0 Å². The van der Waals surface area contributed by atoms with Gasteiger partial charge in [0.15, 0.2) is 5.11 Å². The number of nitrogens with one attached hydrogen (secondary N) is 2. The van der Waals surface area contributed by atoms with Crippen LogP contribution in [-0.2, 0) is 0 Å². The molecule has 0 radical (unpaired) electrons. The van der Waals surface area contributed by atoms with E-state index in [1.54, 1.807) is 12.4 Å². The molecule has 116 valence electrons. The van der Waals surface area contributed by atoms with Crippen molar-refractivity contribution in [3.8, 4) is 5.75 Å². The SMILES string of the molecule is Cc1cccc(OCC(O)CNC(=S)Nc2cccnc2)c1. The topological polar surface area (TPSA) is 66.4 Å². The van der Waals surface area contributed by atoms with Crippen molar-refractivity contribution in [1.29, 1.82) is 0 Å². The zero-order valence-electron chi connectivity index (χ0n) is 12.3. The molecule has 1 aromatic carbocycles. The summed E-state index contributed by atoms with van der Waals surface area (Å²) in [5, 5.41) is 16.3. The van der Waals surface area contributed by atoms with Gasteiger partial charge in [0.1, 0.15) is 18.5 Å². The number of pyridine rings is 1. The Labute approximate surface area is 135 Å². The summed E-state index contributed by atoms with van der Waals surface area (Å²) in [4.78, 5) is 3.98. The summed E-state index contributed by atoms with van der Waals surface area (Å²) in [5.41, 5.74) is 1.91. The molecule has 0 amide bonds. The van der Waals surface area contributed by atoms with Gasteiger partial charge in [-0.1, -0.05) is 12.1 Å². The zero-order valence-corrected chi connectivity index (χ0v) is 13.1. The Balaban J connectivity index is 1.69. The molecule has 3 N–H and O–H groups in total. The summed E-state index contributed by atoms with van der Waals surface area (Å²) in [6, 6.07) is 11.4. The highest BCUT2D eigenvalue weighted by Gasteiger charge is 2.06. The number of hydrogen-bond donors (Lipinski definition) is 3. The highest BCUT2D eigenvalue weighted by Crippen LogP contribution is 2.12. The van der Waals surface area contributed by atoms with E-state index >= 15 is 0 Å². The van der Waals surface area contributed by atoms with Crippen LogP contribution in [0.15, 0.2) is 48.8 Å². The largest absolute Gasteiger partial charge is 0.491 e. The molecule has 22 heavy (non-hydrogen) atoms. The van der Waals surface area contributed by atoms with Crippen LogP contribution in [0, 0.1) is 6.92 Å². The normalized spacial score (nSPS) is 11.5. The fourth-order valence-electron chi connectivity index (χ4n) is 1.78. The summed E-state index contributed by atoms with van der Waals surface area (Å²) in [7, 11) is 0. The Morgan fingerprint density at radius 1 is 1.36 bits per heavy atom. The smallest absolute Gasteiger partial charge is 0.170 e. The molecule has 2 rings (SSSR count). The molecular weight excluding hydrogens is 298 g/mol. The number of nitrogens with zero attached hydrogens (tertiary/aromatic N) is 1. The molecule has 1 aromatic heterocycles. The average Bonchev–Trinajstić information content (AvgIpc) is 2.52. The zero-order chi connectivity index (χ0) is 15.8. The third-order valence-corrected chi connectivity index (χ3v) is 3.10. The van der Waals surface area contributed by atoms with E-state index in [9.17, 15) is 5.11 Å². The van der Waals surface area contributed by atoms with Crippen molar-refractivity contribution in [2.24, 2.45) is 0 Å². The number of hydrogen-bond acceptors (Lipinski definition) is 4. The van der Waals surface area contributed by atoms with Gasteiger partial charge in [-0.05, 0) is 49.0 Å². The number of aliphatic hydroxyl groups is 1. The molecule has 1 heterocycles. The van der Waals surface area contributed by atoms with Crippen LogP contribution in [-0.4, -0.2) is 34.5 Å². The van der Waals surface area contributed by atoms with Gasteiger partial charge in [0.2, 0.25) is 0 Å². The fraction of sp³-hybridized carbons (Fsp3) is 0.250. The van der Waals surface area contributed by atoms with Crippen LogP contribution in [0.5, 0.6) is 5.75 Å². The van der Waals surface area contributed by atoms with Crippen molar-refractivity contribution in [3.63, 3.8) is 0 Å². The Bertz CT molecular complexity index is 607. The van der Waals surface area contributed by atoms with Crippen molar-refractivity contribution in [2.45, 2.75) is 13.0 Å². The second kappa shape index (κ2) is 8.31. The van der Waals surface area contributed by atoms with Crippen molar-refractivity contribution in [2.75, 3.05) is 18.5 Å². The molecule has 0 saturated carbocycles. The van der Waals surface area contributed by atoms with Crippen LogP contribution in [0.25, 0.3) is 0 Å². The lowest BCUT2D eigenvalue weighted by Crippen LogP contribution is -2.37. The second-order valence-electron chi connectivity index (χ2n) is 4.86. The molecule has 0 aliphatic heterocycles. The van der Waals surface area contributed by atoms with E-state index in [4.69, 9.17) is 17.0 Å². The number of rotatable bonds is 6. The molecule has 0 bridgehead atoms. The molecule has 0 aliphatic carbocycles. The first-order chi connectivity index (χ1) is 10.6. The van der Waals surface area contributed by atoms with Gasteiger partial charge in [-0.25, -0.2) is 0 Å². The van der Waals surface area contributed by atoms with Crippen molar-refractivity contribution in [3.05, 3.63) is 54.4 Å². The number of aliphatic hydroxyl groups excluding tert-OH is 1. The summed E-state index contributed by atoms with van der Waals surface area (Å²) in [5.74, 6) is 0.745. The lowest BCUT2D eigenvalue weighted by molar-refractivity contribution is 0.110. The van der Waals surface area contributed by atoms with Crippen LogP contribution < -0.4 is 15.4 Å². The van der Waals surface area contributed by atoms with Crippen molar-refractivity contribution >= 4 is 23.0 Å². The van der Waals surface area contributed by atoms with E-state index in [0.717, 1.165) is 17.0 Å². The third kappa shape index (κ3) is 5.67. The van der Waals surface area contributed by atoms with E-state index < -0.39 is 6.10 Å². The van der Waals surface area contributed by atoms with Gasteiger partial charge < -0.3 is 20.5 Å². The van der Waals surface area contributed by atoms with Gasteiger partial charge in [-0.2, -0.15) is 0 Å². The van der Waals surface area contributed by atoms with Crippen LogP contribution >= 0.6 is 12.2 Å². The van der Waals surface area contributed by atoms with Crippen LogP contribution in [0.4, 0.5) is 5.69 Å². The van der Waals surface area contributed by atoms with E-state index in [2.05, 4.69) is 15.6 Å². The maximum Gasteiger partial charge on any atom is 0.170 e. The molecule has 1 atom stereocenters. The standard InChI is InChI=1S/C16H19N3O2S/c1-12-4-2-6-15(8-12)21-11-14(20)10-18-16(22)19-13-5-3-7-17-9-13/h2-9,14,20H,10-11H2,1H3,(H2,18,19,22). The number of aryl methyl sites for hydroxylation is 1. The van der Waals surface area contributed by atoms with Crippen LogP contribution in [0.2, 0.25) is 0 Å². The Kier molecular flexibility index (Phi) is 6.12. The number of thiocarbonyl (C=S) groups is 1. The molecule has 2 aromatic rings. The summed E-state index contributed by atoms with van der Waals surface area (Å²) in [6.45, 7) is 2.50. The minimum Gasteiger partial charge on any atom is -0.491 e. The van der Waals surface area contributed by atoms with Gasteiger partial charge >= 0.3 is 0 Å². The average molecular weight is 317 g/mol. The summed E-state index contributed by atoms with van der Waals surface area (Å²) >= 11 is 5.15. The van der Waals surface area contributed by atoms with Gasteiger partial charge in [-0.15, -0.1) is 0 Å². The highest BCUT2D eigenvalue weighted by molar-refractivity contribution is 7.80. The first-order valence-electron chi connectivity index (χ1n) is 6.96. The van der Waals surface area contributed by atoms with E-state index in [-0.39, 0.29) is 6.61 Å². The molecular formula is C16H19N3O2S. The molecule has 0 aliphatic rings. The Hall–Kier alpha value is -2.18.